The maximum Gasteiger partial charge on any atom is 0.0776 e. The normalized spacial score (nSPS) is 41.2. The van der Waals surface area contributed by atoms with Gasteiger partial charge in [0, 0.05) is 19.6 Å². The molecule has 88 valence electrons. The van der Waals surface area contributed by atoms with Crippen LogP contribution >= 0.6 is 0 Å². The van der Waals surface area contributed by atoms with Gasteiger partial charge in [0.15, 0.2) is 0 Å². The highest BCUT2D eigenvalue weighted by Gasteiger charge is 2.40. The lowest BCUT2D eigenvalue weighted by Gasteiger charge is -2.50. The Balaban J connectivity index is 1.83. The summed E-state index contributed by atoms with van der Waals surface area (Å²) in [7, 11) is 0. The first-order chi connectivity index (χ1) is 6.89. The quantitative estimate of drug-likeness (QED) is 0.757. The number of likely N-dealkylation sites (tertiary alicyclic amines) is 1. The largest absolute Gasteiger partial charge is 0.389 e. The van der Waals surface area contributed by atoms with Crippen molar-refractivity contribution >= 4 is 0 Å². The van der Waals surface area contributed by atoms with Crippen LogP contribution in [-0.2, 0) is 0 Å². The molecule has 0 aromatic carbocycles. The van der Waals surface area contributed by atoms with E-state index >= 15 is 0 Å². The van der Waals surface area contributed by atoms with E-state index in [-0.39, 0.29) is 5.60 Å². The summed E-state index contributed by atoms with van der Waals surface area (Å²) >= 11 is 0. The van der Waals surface area contributed by atoms with Crippen molar-refractivity contribution in [2.24, 2.45) is 11.3 Å². The highest BCUT2D eigenvalue weighted by atomic mass is 16.3. The maximum atomic E-state index is 10.5. The van der Waals surface area contributed by atoms with Crippen molar-refractivity contribution in [3.63, 3.8) is 0 Å². The van der Waals surface area contributed by atoms with Gasteiger partial charge in [-0.05, 0) is 24.2 Å². The highest BCUT2D eigenvalue weighted by molar-refractivity contribution is 4.94. The fourth-order valence-corrected chi connectivity index (χ4v) is 3.47. The molecule has 1 saturated heterocycles. The topological polar surface area (TPSA) is 23.5 Å². The summed E-state index contributed by atoms with van der Waals surface area (Å²) in [5.74, 6) is 0.707. The molecule has 0 aromatic rings. The van der Waals surface area contributed by atoms with Crippen LogP contribution in [0.15, 0.2) is 0 Å². The maximum absolute atomic E-state index is 10.5. The predicted octanol–water partition coefficient (Wildman–Crippen LogP) is 2.27. The van der Waals surface area contributed by atoms with Crippen molar-refractivity contribution in [2.75, 3.05) is 19.6 Å². The average Bonchev–Trinajstić information content (AvgIpc) is 1.98. The molecule has 1 N–H and O–H groups in total. The zero-order chi connectivity index (χ0) is 11.1. The van der Waals surface area contributed by atoms with Crippen molar-refractivity contribution in [1.29, 1.82) is 0 Å². The second kappa shape index (κ2) is 3.74. The zero-order valence-corrected chi connectivity index (χ0v) is 10.4. The SMILES string of the molecule is CC1CCCC(O)(CN2CC(C)(C)C2)C1. The molecule has 1 saturated carbocycles. The van der Waals surface area contributed by atoms with Crippen molar-refractivity contribution in [3.8, 4) is 0 Å². The van der Waals surface area contributed by atoms with E-state index in [1.807, 2.05) is 0 Å². The molecule has 0 spiro atoms. The van der Waals surface area contributed by atoms with Gasteiger partial charge in [0.1, 0.15) is 0 Å². The van der Waals surface area contributed by atoms with E-state index in [4.69, 9.17) is 0 Å². The lowest BCUT2D eigenvalue weighted by molar-refractivity contribution is -0.0801. The van der Waals surface area contributed by atoms with Gasteiger partial charge in [-0.1, -0.05) is 33.6 Å². The summed E-state index contributed by atoms with van der Waals surface area (Å²) in [6, 6.07) is 0. The molecule has 0 aromatic heterocycles. The van der Waals surface area contributed by atoms with Gasteiger partial charge in [-0.3, -0.25) is 4.90 Å². The minimum Gasteiger partial charge on any atom is -0.389 e. The van der Waals surface area contributed by atoms with Crippen LogP contribution in [0.3, 0.4) is 0 Å². The molecule has 1 aliphatic heterocycles. The lowest BCUT2D eigenvalue weighted by Crippen LogP contribution is -2.58. The van der Waals surface area contributed by atoms with E-state index < -0.39 is 0 Å². The van der Waals surface area contributed by atoms with Crippen LogP contribution in [0.25, 0.3) is 0 Å². The fraction of sp³-hybridized carbons (Fsp3) is 1.00. The van der Waals surface area contributed by atoms with Crippen LogP contribution in [0.5, 0.6) is 0 Å². The lowest BCUT2D eigenvalue weighted by atomic mass is 9.76. The first kappa shape index (κ1) is 11.4. The third-order valence-electron chi connectivity index (χ3n) is 3.89. The summed E-state index contributed by atoms with van der Waals surface area (Å²) in [6.45, 7) is 10.1. The van der Waals surface area contributed by atoms with Gasteiger partial charge in [-0.15, -0.1) is 0 Å². The van der Waals surface area contributed by atoms with Gasteiger partial charge in [-0.2, -0.15) is 0 Å². The van der Waals surface area contributed by atoms with E-state index in [1.54, 1.807) is 0 Å². The zero-order valence-electron chi connectivity index (χ0n) is 10.4. The monoisotopic (exact) mass is 211 g/mol. The van der Waals surface area contributed by atoms with E-state index in [9.17, 15) is 5.11 Å². The minimum atomic E-state index is -0.381. The van der Waals surface area contributed by atoms with Crippen LogP contribution in [0.1, 0.15) is 46.5 Å². The summed E-state index contributed by atoms with van der Waals surface area (Å²) < 4.78 is 0. The molecule has 2 aliphatic rings. The Morgan fingerprint density at radius 3 is 2.53 bits per heavy atom. The van der Waals surface area contributed by atoms with Crippen molar-refractivity contribution in [1.82, 2.24) is 4.90 Å². The molecule has 0 amide bonds. The molecular weight excluding hydrogens is 186 g/mol. The minimum absolute atomic E-state index is 0.381. The number of aliphatic hydroxyl groups is 1. The van der Waals surface area contributed by atoms with Crippen LogP contribution in [0.2, 0.25) is 0 Å². The third kappa shape index (κ3) is 2.73. The van der Waals surface area contributed by atoms with Gasteiger partial charge >= 0.3 is 0 Å². The average molecular weight is 211 g/mol. The smallest absolute Gasteiger partial charge is 0.0776 e. The molecule has 0 radical (unpaired) electrons. The molecule has 15 heavy (non-hydrogen) atoms. The molecule has 2 nitrogen and oxygen atoms in total. The number of hydrogen-bond donors (Lipinski definition) is 1. The number of rotatable bonds is 2. The predicted molar refractivity (Wildman–Crippen MR) is 62.8 cm³/mol. The van der Waals surface area contributed by atoms with Crippen LogP contribution in [0.4, 0.5) is 0 Å². The molecule has 1 heterocycles. The first-order valence-corrected chi connectivity index (χ1v) is 6.33. The third-order valence-corrected chi connectivity index (χ3v) is 3.89. The van der Waals surface area contributed by atoms with E-state index in [2.05, 4.69) is 25.7 Å². The number of hydrogen-bond acceptors (Lipinski definition) is 2. The van der Waals surface area contributed by atoms with E-state index in [0.29, 0.717) is 11.3 Å². The molecule has 2 rings (SSSR count). The molecular formula is C13H25NO. The van der Waals surface area contributed by atoms with Gasteiger partial charge in [0.2, 0.25) is 0 Å². The second-order valence-corrected chi connectivity index (χ2v) is 6.74. The summed E-state index contributed by atoms with van der Waals surface area (Å²) in [6.07, 6.45) is 4.51. The van der Waals surface area contributed by atoms with Crippen molar-refractivity contribution in [3.05, 3.63) is 0 Å². The van der Waals surface area contributed by atoms with E-state index in [0.717, 1.165) is 32.5 Å². The molecule has 2 fully saturated rings. The Morgan fingerprint density at radius 2 is 2.00 bits per heavy atom. The first-order valence-electron chi connectivity index (χ1n) is 6.33. The van der Waals surface area contributed by atoms with Gasteiger partial charge in [-0.25, -0.2) is 0 Å². The highest BCUT2D eigenvalue weighted by Crippen LogP contribution is 2.36. The van der Waals surface area contributed by atoms with Crippen LogP contribution in [0, 0.1) is 11.3 Å². The summed E-state index contributed by atoms with van der Waals surface area (Å²) in [5, 5.41) is 10.5. The molecule has 2 heteroatoms. The Kier molecular flexibility index (Phi) is 2.85. The van der Waals surface area contributed by atoms with Gasteiger partial charge in [0.25, 0.3) is 0 Å². The fourth-order valence-electron chi connectivity index (χ4n) is 3.47. The van der Waals surface area contributed by atoms with Crippen LogP contribution in [-0.4, -0.2) is 35.2 Å². The molecule has 2 atom stereocenters. The Bertz CT molecular complexity index is 231. The second-order valence-electron chi connectivity index (χ2n) is 6.74. The Morgan fingerprint density at radius 1 is 1.33 bits per heavy atom. The van der Waals surface area contributed by atoms with Crippen LogP contribution < -0.4 is 0 Å². The summed E-state index contributed by atoms with van der Waals surface area (Å²) in [5.41, 5.74) is 0.102. The molecule has 2 unspecified atom stereocenters. The van der Waals surface area contributed by atoms with Gasteiger partial charge < -0.3 is 5.11 Å². The molecule has 0 bridgehead atoms. The Hall–Kier alpha value is -0.0800. The van der Waals surface area contributed by atoms with Gasteiger partial charge in [0.05, 0.1) is 5.60 Å². The number of β-amino-alcohol motifs (C(OH)–C–C–N with tert-alkyl or cyclic N) is 1. The number of nitrogens with zero attached hydrogens (tertiary/aromatic N) is 1. The standard InChI is InChI=1S/C13H25NO/c1-11-5-4-6-13(15,7-11)10-14-8-12(2,3)9-14/h11,15H,4-10H2,1-3H3. The Labute approximate surface area is 93.7 Å². The summed E-state index contributed by atoms with van der Waals surface area (Å²) in [4.78, 5) is 2.41. The van der Waals surface area contributed by atoms with Crippen molar-refractivity contribution in [2.45, 2.75) is 52.1 Å². The molecule has 1 aliphatic carbocycles. The van der Waals surface area contributed by atoms with E-state index in [1.165, 1.54) is 12.8 Å². The van der Waals surface area contributed by atoms with Crippen molar-refractivity contribution < 1.29 is 5.11 Å².